The van der Waals surface area contributed by atoms with E-state index in [1.807, 2.05) is 0 Å². The molecule has 0 amide bonds. The Hall–Kier alpha value is -1.16. The Bertz CT molecular complexity index is 338. The van der Waals surface area contributed by atoms with E-state index in [1.165, 1.54) is 0 Å². The molecule has 0 unspecified atom stereocenters. The average molecular weight is 250 g/mol. The van der Waals surface area contributed by atoms with Crippen molar-refractivity contribution >= 4 is 5.82 Å². The quantitative estimate of drug-likeness (QED) is 0.718. The van der Waals surface area contributed by atoms with Gasteiger partial charge in [0, 0.05) is 31.9 Å². The lowest BCUT2D eigenvalue weighted by Gasteiger charge is -2.19. The monoisotopic (exact) mass is 250 g/mol. The highest BCUT2D eigenvalue weighted by molar-refractivity contribution is 5.37. The molecule has 0 saturated carbocycles. The maximum atomic E-state index is 4.32. The molecule has 4 nitrogen and oxygen atoms in total. The number of hydrogen-bond donors (Lipinski definition) is 1. The van der Waals surface area contributed by atoms with Gasteiger partial charge in [0.25, 0.3) is 0 Å². The fourth-order valence-corrected chi connectivity index (χ4v) is 1.74. The van der Waals surface area contributed by atoms with E-state index in [1.54, 1.807) is 6.33 Å². The van der Waals surface area contributed by atoms with Crippen LogP contribution in [0.2, 0.25) is 0 Å². The summed E-state index contributed by atoms with van der Waals surface area (Å²) in [4.78, 5) is 10.8. The number of nitrogens with one attached hydrogen (secondary N) is 1. The molecule has 0 aliphatic carbocycles. The minimum atomic E-state index is 0.700. The summed E-state index contributed by atoms with van der Waals surface area (Å²) in [5.41, 5.74) is 1.13. The van der Waals surface area contributed by atoms with Gasteiger partial charge in [-0.05, 0) is 18.9 Å². The smallest absolute Gasteiger partial charge is 0.131 e. The summed E-state index contributed by atoms with van der Waals surface area (Å²) in [5, 5.41) is 3.44. The molecule has 0 aromatic carbocycles. The number of aromatic nitrogens is 2. The lowest BCUT2D eigenvalue weighted by molar-refractivity contribution is 0.554. The minimum absolute atomic E-state index is 0.700. The summed E-state index contributed by atoms with van der Waals surface area (Å²) >= 11 is 0. The zero-order chi connectivity index (χ0) is 13.4. The highest BCUT2D eigenvalue weighted by Crippen LogP contribution is 2.09. The molecule has 0 bridgehead atoms. The molecule has 0 radical (unpaired) electrons. The van der Waals surface area contributed by atoms with Crippen molar-refractivity contribution in [1.82, 2.24) is 15.3 Å². The van der Waals surface area contributed by atoms with Gasteiger partial charge in [-0.3, -0.25) is 0 Å². The molecule has 1 aromatic heterocycles. The standard InChI is InChI=1S/C14H26N4/c1-5-6-13-9-14(17-11-16-13)18(4)8-7-15-10-12(2)3/h9,11-12,15H,5-8,10H2,1-4H3. The van der Waals surface area contributed by atoms with E-state index in [-0.39, 0.29) is 0 Å². The van der Waals surface area contributed by atoms with Crippen LogP contribution in [0.25, 0.3) is 0 Å². The first-order chi connectivity index (χ1) is 8.63. The number of rotatable bonds is 8. The van der Waals surface area contributed by atoms with E-state index in [9.17, 15) is 0 Å². The van der Waals surface area contributed by atoms with Crippen molar-refractivity contribution in [1.29, 1.82) is 0 Å². The molecule has 0 aliphatic rings. The third-order valence-corrected chi connectivity index (χ3v) is 2.78. The molecule has 0 spiro atoms. The summed E-state index contributed by atoms with van der Waals surface area (Å²) in [6.45, 7) is 9.63. The Morgan fingerprint density at radius 3 is 2.78 bits per heavy atom. The van der Waals surface area contributed by atoms with Crippen LogP contribution in [0.1, 0.15) is 32.9 Å². The normalized spacial score (nSPS) is 10.9. The Morgan fingerprint density at radius 2 is 2.11 bits per heavy atom. The van der Waals surface area contributed by atoms with Gasteiger partial charge in [-0.2, -0.15) is 0 Å². The Balaban J connectivity index is 2.40. The second-order valence-corrected chi connectivity index (χ2v) is 5.14. The van der Waals surface area contributed by atoms with E-state index in [0.29, 0.717) is 5.92 Å². The van der Waals surface area contributed by atoms with Crippen LogP contribution in [0.3, 0.4) is 0 Å². The van der Waals surface area contributed by atoms with Crippen LogP contribution in [0.4, 0.5) is 5.82 Å². The van der Waals surface area contributed by atoms with Crippen LogP contribution in [-0.4, -0.2) is 36.6 Å². The predicted molar refractivity (Wildman–Crippen MR) is 77.0 cm³/mol. The Labute approximate surface area is 111 Å². The first-order valence-electron chi connectivity index (χ1n) is 6.86. The average Bonchev–Trinajstić information content (AvgIpc) is 2.35. The van der Waals surface area contributed by atoms with Gasteiger partial charge in [-0.1, -0.05) is 27.2 Å². The molecule has 1 rings (SSSR count). The summed E-state index contributed by atoms with van der Waals surface area (Å²) in [7, 11) is 2.08. The fourth-order valence-electron chi connectivity index (χ4n) is 1.74. The molecular formula is C14H26N4. The van der Waals surface area contributed by atoms with Gasteiger partial charge < -0.3 is 10.2 Å². The van der Waals surface area contributed by atoms with Crippen molar-refractivity contribution in [2.45, 2.75) is 33.6 Å². The number of likely N-dealkylation sites (N-methyl/N-ethyl adjacent to an activating group) is 1. The molecule has 0 fully saturated rings. The minimum Gasteiger partial charge on any atom is -0.358 e. The lowest BCUT2D eigenvalue weighted by atomic mass is 10.2. The summed E-state index contributed by atoms with van der Waals surface area (Å²) in [6.07, 6.45) is 3.81. The molecule has 18 heavy (non-hydrogen) atoms. The van der Waals surface area contributed by atoms with Crippen molar-refractivity contribution in [3.63, 3.8) is 0 Å². The lowest BCUT2D eigenvalue weighted by Crippen LogP contribution is -2.31. The zero-order valence-electron chi connectivity index (χ0n) is 12.1. The van der Waals surface area contributed by atoms with Crippen LogP contribution in [0, 0.1) is 5.92 Å². The highest BCUT2D eigenvalue weighted by atomic mass is 15.2. The van der Waals surface area contributed by atoms with Gasteiger partial charge in [0.1, 0.15) is 12.1 Å². The van der Waals surface area contributed by atoms with Crippen molar-refractivity contribution in [3.05, 3.63) is 18.1 Å². The van der Waals surface area contributed by atoms with Crippen LogP contribution in [0.15, 0.2) is 12.4 Å². The van der Waals surface area contributed by atoms with Crippen LogP contribution >= 0.6 is 0 Å². The van der Waals surface area contributed by atoms with E-state index < -0.39 is 0 Å². The molecule has 1 aromatic rings. The van der Waals surface area contributed by atoms with Crippen molar-refractivity contribution in [2.75, 3.05) is 31.6 Å². The molecule has 0 saturated heterocycles. The first-order valence-corrected chi connectivity index (χ1v) is 6.86. The van der Waals surface area contributed by atoms with E-state index in [4.69, 9.17) is 0 Å². The Kier molecular flexibility index (Phi) is 6.65. The van der Waals surface area contributed by atoms with Crippen LogP contribution in [-0.2, 0) is 6.42 Å². The maximum absolute atomic E-state index is 4.32. The van der Waals surface area contributed by atoms with Gasteiger partial charge in [0.2, 0.25) is 0 Å². The number of hydrogen-bond acceptors (Lipinski definition) is 4. The summed E-state index contributed by atoms with van der Waals surface area (Å²) in [5.74, 6) is 1.71. The first kappa shape index (κ1) is 14.9. The SMILES string of the molecule is CCCc1cc(N(C)CCNCC(C)C)ncn1. The summed E-state index contributed by atoms with van der Waals surface area (Å²) in [6, 6.07) is 2.09. The topological polar surface area (TPSA) is 41.0 Å². The molecule has 0 aliphatic heterocycles. The number of anilines is 1. The van der Waals surface area contributed by atoms with Crippen molar-refractivity contribution < 1.29 is 0 Å². The third-order valence-electron chi connectivity index (χ3n) is 2.78. The van der Waals surface area contributed by atoms with E-state index in [0.717, 1.165) is 44.0 Å². The van der Waals surface area contributed by atoms with Gasteiger partial charge >= 0.3 is 0 Å². The van der Waals surface area contributed by atoms with Crippen LogP contribution < -0.4 is 10.2 Å². The molecular weight excluding hydrogens is 224 g/mol. The van der Waals surface area contributed by atoms with Crippen LogP contribution in [0.5, 0.6) is 0 Å². The van der Waals surface area contributed by atoms with E-state index in [2.05, 4.69) is 54.1 Å². The molecule has 102 valence electrons. The van der Waals surface area contributed by atoms with E-state index >= 15 is 0 Å². The van der Waals surface area contributed by atoms with Gasteiger partial charge in [-0.15, -0.1) is 0 Å². The summed E-state index contributed by atoms with van der Waals surface area (Å²) < 4.78 is 0. The maximum Gasteiger partial charge on any atom is 0.131 e. The van der Waals surface area contributed by atoms with Gasteiger partial charge in [0.05, 0.1) is 0 Å². The molecule has 1 heterocycles. The predicted octanol–water partition coefficient (Wildman–Crippen LogP) is 2.11. The highest BCUT2D eigenvalue weighted by Gasteiger charge is 2.04. The second kappa shape index (κ2) is 8.03. The Morgan fingerprint density at radius 1 is 1.33 bits per heavy atom. The number of nitrogens with zero attached hydrogens (tertiary/aromatic N) is 3. The number of aryl methyl sites for hydroxylation is 1. The fraction of sp³-hybridized carbons (Fsp3) is 0.714. The molecule has 1 N–H and O–H groups in total. The zero-order valence-corrected chi connectivity index (χ0v) is 12.1. The third kappa shape index (κ3) is 5.45. The molecule has 4 heteroatoms. The van der Waals surface area contributed by atoms with Crippen molar-refractivity contribution in [3.8, 4) is 0 Å². The largest absolute Gasteiger partial charge is 0.358 e. The van der Waals surface area contributed by atoms with Gasteiger partial charge in [-0.25, -0.2) is 9.97 Å². The van der Waals surface area contributed by atoms with Gasteiger partial charge in [0.15, 0.2) is 0 Å². The second-order valence-electron chi connectivity index (χ2n) is 5.14. The molecule has 0 atom stereocenters. The van der Waals surface area contributed by atoms with Crippen molar-refractivity contribution in [2.24, 2.45) is 5.92 Å².